The fraction of sp³-hybridized carbons (Fsp3) is 0.435. The van der Waals surface area contributed by atoms with Crippen LogP contribution in [0.4, 0.5) is 10.2 Å². The summed E-state index contributed by atoms with van der Waals surface area (Å²) < 4.78 is 20.3. The Morgan fingerprint density at radius 3 is 2.97 bits per heavy atom. The fourth-order valence-corrected chi connectivity index (χ4v) is 5.49. The van der Waals surface area contributed by atoms with Crippen LogP contribution in [0.15, 0.2) is 33.5 Å². The number of fused-ring (bicyclic) bond motifs is 4. The number of aryl methyl sites for hydroxylation is 1. The van der Waals surface area contributed by atoms with E-state index in [-0.39, 0.29) is 17.8 Å². The zero-order valence-electron chi connectivity index (χ0n) is 17.1. The summed E-state index contributed by atoms with van der Waals surface area (Å²) in [6.07, 6.45) is 2.58. The Labute approximate surface area is 177 Å². The molecule has 3 aromatic rings. The van der Waals surface area contributed by atoms with Crippen molar-refractivity contribution in [2.45, 2.75) is 56.9 Å². The van der Waals surface area contributed by atoms with Crippen LogP contribution in [0, 0.1) is 6.92 Å². The lowest BCUT2D eigenvalue weighted by Crippen LogP contribution is -2.56. The van der Waals surface area contributed by atoms with Gasteiger partial charge < -0.3 is 19.7 Å². The topological polar surface area (TPSA) is 91.5 Å². The van der Waals surface area contributed by atoms with Gasteiger partial charge in [0.1, 0.15) is 17.5 Å². The zero-order valence-corrected chi connectivity index (χ0v) is 17.1. The van der Waals surface area contributed by atoms with Gasteiger partial charge in [-0.1, -0.05) is 0 Å². The van der Waals surface area contributed by atoms with Crippen LogP contribution >= 0.6 is 0 Å². The summed E-state index contributed by atoms with van der Waals surface area (Å²) in [7, 11) is 0. The standard InChI is InChI=1S/C23H23FN4O3/c1-11-6-21(30)31-20-10-19(29)15(9-14(11)20)17-7-12-4-5-28(23(12)27-26-17)18-8-13-2-3-16(25-13)22(18)24/h6-7,9-10,13,16,18,22,25,29H,2-5,8H2,1H3/t13-,16+,18-,22+/m0/s1. The van der Waals surface area contributed by atoms with Gasteiger partial charge in [-0.3, -0.25) is 0 Å². The molecule has 0 aliphatic carbocycles. The van der Waals surface area contributed by atoms with E-state index < -0.39 is 11.8 Å². The number of anilines is 1. The molecule has 2 N–H and O–H groups in total. The number of halogens is 1. The summed E-state index contributed by atoms with van der Waals surface area (Å²) in [5.41, 5.74) is 2.74. The molecule has 160 valence electrons. The van der Waals surface area contributed by atoms with E-state index in [1.807, 2.05) is 13.0 Å². The van der Waals surface area contributed by atoms with Crippen molar-refractivity contribution in [1.82, 2.24) is 15.5 Å². The third kappa shape index (κ3) is 2.92. The molecule has 0 spiro atoms. The third-order valence-electron chi connectivity index (χ3n) is 7.04. The van der Waals surface area contributed by atoms with E-state index in [1.54, 1.807) is 6.07 Å². The average Bonchev–Trinajstić information content (AvgIpc) is 3.34. The van der Waals surface area contributed by atoms with Crippen LogP contribution < -0.4 is 15.8 Å². The number of rotatable bonds is 2. The van der Waals surface area contributed by atoms with Crippen molar-refractivity contribution < 1.29 is 13.9 Å². The molecule has 2 saturated heterocycles. The molecule has 7 nitrogen and oxygen atoms in total. The van der Waals surface area contributed by atoms with Gasteiger partial charge in [0.15, 0.2) is 5.82 Å². The first-order valence-corrected chi connectivity index (χ1v) is 10.8. The van der Waals surface area contributed by atoms with Crippen LogP contribution in [-0.4, -0.2) is 46.1 Å². The molecule has 5 heterocycles. The Morgan fingerprint density at radius 1 is 1.23 bits per heavy atom. The minimum absolute atomic E-state index is 0.0240. The summed E-state index contributed by atoms with van der Waals surface area (Å²) in [4.78, 5) is 13.7. The largest absolute Gasteiger partial charge is 0.507 e. The van der Waals surface area contributed by atoms with E-state index in [0.29, 0.717) is 22.9 Å². The first-order chi connectivity index (χ1) is 15.0. The van der Waals surface area contributed by atoms with Gasteiger partial charge >= 0.3 is 5.63 Å². The molecule has 4 atom stereocenters. The van der Waals surface area contributed by atoms with E-state index in [4.69, 9.17) is 4.42 Å². The molecule has 0 unspecified atom stereocenters. The van der Waals surface area contributed by atoms with Crippen LogP contribution in [0.25, 0.3) is 22.2 Å². The van der Waals surface area contributed by atoms with Crippen LogP contribution in [-0.2, 0) is 6.42 Å². The Balaban J connectivity index is 1.37. The molecule has 6 rings (SSSR count). The Bertz CT molecular complexity index is 1260. The molecule has 3 aliphatic rings. The summed E-state index contributed by atoms with van der Waals surface area (Å²) in [5, 5.41) is 23.5. The Morgan fingerprint density at radius 2 is 2.10 bits per heavy atom. The highest BCUT2D eigenvalue weighted by atomic mass is 19.1. The van der Waals surface area contributed by atoms with Crippen molar-refractivity contribution in [1.29, 1.82) is 0 Å². The first kappa shape index (κ1) is 18.7. The number of piperidine rings is 1. The predicted molar refractivity (Wildman–Crippen MR) is 114 cm³/mol. The maximum Gasteiger partial charge on any atom is 0.336 e. The molecule has 3 aliphatic heterocycles. The summed E-state index contributed by atoms with van der Waals surface area (Å²) in [6, 6.07) is 6.73. The maximum absolute atomic E-state index is 15.1. The second-order valence-electron chi connectivity index (χ2n) is 8.93. The van der Waals surface area contributed by atoms with Gasteiger partial charge in [-0.2, -0.15) is 0 Å². The van der Waals surface area contributed by atoms with E-state index in [1.165, 1.54) is 12.1 Å². The monoisotopic (exact) mass is 422 g/mol. The number of aromatic nitrogens is 2. The van der Waals surface area contributed by atoms with Gasteiger partial charge in [0, 0.05) is 47.3 Å². The average molecular weight is 422 g/mol. The number of phenolic OH excluding ortho intramolecular Hbond substituents is 1. The highest BCUT2D eigenvalue weighted by molar-refractivity contribution is 5.88. The van der Waals surface area contributed by atoms with Gasteiger partial charge in [0.05, 0.1) is 11.7 Å². The van der Waals surface area contributed by atoms with Gasteiger partial charge in [0.2, 0.25) is 0 Å². The number of benzene rings is 1. The molecule has 31 heavy (non-hydrogen) atoms. The molecule has 8 heteroatoms. The smallest absolute Gasteiger partial charge is 0.336 e. The van der Waals surface area contributed by atoms with Crippen LogP contribution in [0.1, 0.15) is 30.4 Å². The van der Waals surface area contributed by atoms with E-state index in [2.05, 4.69) is 20.4 Å². The lowest BCUT2D eigenvalue weighted by atomic mass is 9.96. The number of aromatic hydroxyl groups is 1. The minimum atomic E-state index is -0.909. The molecule has 2 bridgehead atoms. The van der Waals surface area contributed by atoms with Crippen molar-refractivity contribution in [3.63, 3.8) is 0 Å². The third-order valence-corrected chi connectivity index (χ3v) is 7.04. The minimum Gasteiger partial charge on any atom is -0.507 e. The maximum atomic E-state index is 15.1. The molecule has 0 saturated carbocycles. The molecule has 0 radical (unpaired) electrons. The van der Waals surface area contributed by atoms with Crippen LogP contribution in [0.2, 0.25) is 0 Å². The summed E-state index contributed by atoms with van der Waals surface area (Å²) >= 11 is 0. The van der Waals surface area contributed by atoms with Crippen molar-refractivity contribution in [3.05, 3.63) is 45.8 Å². The number of phenols is 1. The first-order valence-electron chi connectivity index (χ1n) is 10.8. The highest BCUT2D eigenvalue weighted by Crippen LogP contribution is 2.39. The van der Waals surface area contributed by atoms with Crippen molar-refractivity contribution in [2.24, 2.45) is 0 Å². The zero-order chi connectivity index (χ0) is 21.3. The van der Waals surface area contributed by atoms with E-state index >= 15 is 4.39 Å². The molecular weight excluding hydrogens is 399 g/mol. The molecule has 2 aromatic heterocycles. The SMILES string of the molecule is Cc1cc(=O)oc2cc(O)c(-c3cc4c(nn3)N([C@H]3C[C@@H]5CC[C@@H](N5)[C@H]3F)CC4)cc12. The van der Waals surface area contributed by atoms with Gasteiger partial charge in [0.25, 0.3) is 0 Å². The predicted octanol–water partition coefficient (Wildman–Crippen LogP) is 2.86. The second-order valence-corrected chi connectivity index (χ2v) is 8.93. The highest BCUT2D eigenvalue weighted by Gasteiger charge is 2.46. The summed E-state index contributed by atoms with van der Waals surface area (Å²) in [5.74, 6) is 0.726. The van der Waals surface area contributed by atoms with Crippen molar-refractivity contribution >= 4 is 16.8 Å². The quantitative estimate of drug-likeness (QED) is 0.614. The van der Waals surface area contributed by atoms with Gasteiger partial charge in [-0.25, -0.2) is 9.18 Å². The fourth-order valence-electron chi connectivity index (χ4n) is 5.49. The van der Waals surface area contributed by atoms with Gasteiger partial charge in [-0.05, 0) is 50.3 Å². The molecular formula is C23H23FN4O3. The Hall–Kier alpha value is -3.00. The molecule has 2 fully saturated rings. The molecule has 1 aromatic carbocycles. The number of alkyl halides is 1. The van der Waals surface area contributed by atoms with Crippen LogP contribution in [0.5, 0.6) is 5.75 Å². The lowest BCUT2D eigenvalue weighted by molar-refractivity contribution is 0.174. The van der Waals surface area contributed by atoms with Crippen molar-refractivity contribution in [2.75, 3.05) is 11.4 Å². The van der Waals surface area contributed by atoms with Crippen molar-refractivity contribution in [3.8, 4) is 17.0 Å². The number of nitrogens with one attached hydrogen (secondary N) is 1. The summed E-state index contributed by atoms with van der Waals surface area (Å²) in [6.45, 7) is 2.55. The number of nitrogens with zero attached hydrogens (tertiary/aromatic N) is 3. The van der Waals surface area contributed by atoms with Gasteiger partial charge in [-0.15, -0.1) is 10.2 Å². The number of hydrogen-bond acceptors (Lipinski definition) is 7. The molecule has 0 amide bonds. The Kier molecular flexibility index (Phi) is 4.08. The van der Waals surface area contributed by atoms with E-state index in [0.717, 1.165) is 54.6 Å². The second kappa shape index (κ2) is 6.75. The lowest BCUT2D eigenvalue weighted by Gasteiger charge is -2.39. The van der Waals surface area contributed by atoms with Crippen LogP contribution in [0.3, 0.4) is 0 Å². The normalized spacial score (nSPS) is 27.1. The van der Waals surface area contributed by atoms with E-state index in [9.17, 15) is 9.90 Å². The number of hydrogen-bond donors (Lipinski definition) is 2.